The lowest BCUT2D eigenvalue weighted by Gasteiger charge is -2.49. The van der Waals surface area contributed by atoms with Gasteiger partial charge in [0.2, 0.25) is 17.5 Å². The van der Waals surface area contributed by atoms with Crippen LogP contribution in [-0.4, -0.2) is 64.8 Å². The maximum atomic E-state index is 13.5. The Morgan fingerprint density at radius 3 is 2.55 bits per heavy atom. The van der Waals surface area contributed by atoms with E-state index in [0.29, 0.717) is 43.7 Å². The van der Waals surface area contributed by atoms with Gasteiger partial charge < -0.3 is 15.1 Å². The van der Waals surface area contributed by atoms with Crippen LogP contribution in [0.1, 0.15) is 62.7 Å². The van der Waals surface area contributed by atoms with E-state index < -0.39 is 5.66 Å². The number of benzene rings is 1. The zero-order chi connectivity index (χ0) is 22.2. The average Bonchev–Trinajstić information content (AvgIpc) is 3.54. The molecule has 31 heavy (non-hydrogen) atoms. The van der Waals surface area contributed by atoms with Crippen molar-refractivity contribution in [2.24, 2.45) is 0 Å². The van der Waals surface area contributed by atoms with Crippen LogP contribution in [0.4, 0.5) is 5.69 Å². The van der Waals surface area contributed by atoms with Gasteiger partial charge in [0.15, 0.2) is 0 Å². The third-order valence-corrected chi connectivity index (χ3v) is 6.54. The molecular formula is C23H30N4O4. The normalized spacial score (nSPS) is 22.3. The largest absolute Gasteiger partial charge is 0.352 e. The van der Waals surface area contributed by atoms with Crippen molar-refractivity contribution in [3.63, 3.8) is 0 Å². The smallest absolute Gasteiger partial charge is 0.267 e. The summed E-state index contributed by atoms with van der Waals surface area (Å²) in [7, 11) is 0. The van der Waals surface area contributed by atoms with Gasteiger partial charge in [-0.25, -0.2) is 0 Å². The van der Waals surface area contributed by atoms with Crippen LogP contribution in [0.5, 0.6) is 0 Å². The van der Waals surface area contributed by atoms with Gasteiger partial charge >= 0.3 is 0 Å². The van der Waals surface area contributed by atoms with Crippen molar-refractivity contribution in [3.8, 4) is 0 Å². The molecule has 1 saturated heterocycles. The van der Waals surface area contributed by atoms with Crippen LogP contribution in [-0.2, 0) is 14.4 Å². The predicted molar refractivity (Wildman–Crippen MR) is 115 cm³/mol. The lowest BCUT2D eigenvalue weighted by molar-refractivity contribution is -0.134. The third kappa shape index (κ3) is 3.47. The summed E-state index contributed by atoms with van der Waals surface area (Å²) in [4.78, 5) is 57.0. The van der Waals surface area contributed by atoms with Crippen molar-refractivity contribution >= 4 is 29.3 Å². The highest BCUT2D eigenvalue weighted by atomic mass is 16.2. The molecule has 1 atom stereocenters. The molecule has 0 radical (unpaired) electrons. The number of rotatable bonds is 8. The monoisotopic (exact) mass is 426 g/mol. The van der Waals surface area contributed by atoms with E-state index in [1.165, 1.54) is 0 Å². The standard InChI is InChI=1S/C23H30N4O4/c1-3-25(4-2)19(28)10-7-15-24-22(31)23-14-13-20(29)27(23)18-9-6-5-8-17(18)21(30)26(23)16-11-12-16/h5-6,8-9,16H,3-4,7,10-15H2,1-2H3,(H,24,31). The number of anilines is 1. The topological polar surface area (TPSA) is 90.0 Å². The van der Waals surface area contributed by atoms with Crippen LogP contribution in [0.15, 0.2) is 24.3 Å². The zero-order valence-electron chi connectivity index (χ0n) is 18.2. The fraction of sp³-hybridized carbons (Fsp3) is 0.565. The summed E-state index contributed by atoms with van der Waals surface area (Å²) in [5, 5.41) is 2.93. The van der Waals surface area contributed by atoms with Crippen molar-refractivity contribution in [1.29, 1.82) is 0 Å². The van der Waals surface area contributed by atoms with Crippen LogP contribution in [0.25, 0.3) is 0 Å². The highest BCUT2D eigenvalue weighted by molar-refractivity contribution is 6.16. The highest BCUT2D eigenvalue weighted by Crippen LogP contribution is 2.48. The van der Waals surface area contributed by atoms with Gasteiger partial charge in [-0.3, -0.25) is 24.1 Å². The molecule has 4 rings (SSSR count). The molecule has 1 N–H and O–H groups in total. The fourth-order valence-electron chi connectivity index (χ4n) is 4.86. The molecule has 166 valence electrons. The molecule has 1 saturated carbocycles. The number of carbonyl (C=O) groups is 4. The van der Waals surface area contributed by atoms with E-state index >= 15 is 0 Å². The molecule has 3 aliphatic rings. The minimum atomic E-state index is -1.31. The van der Waals surface area contributed by atoms with Gasteiger partial charge in [0.25, 0.3) is 11.8 Å². The molecule has 1 unspecified atom stereocenters. The molecule has 4 amide bonds. The molecule has 1 aromatic rings. The molecule has 0 spiro atoms. The van der Waals surface area contributed by atoms with E-state index in [1.807, 2.05) is 13.8 Å². The van der Waals surface area contributed by atoms with E-state index in [9.17, 15) is 19.2 Å². The molecule has 2 aliphatic heterocycles. The van der Waals surface area contributed by atoms with Crippen molar-refractivity contribution in [2.75, 3.05) is 24.5 Å². The highest BCUT2D eigenvalue weighted by Gasteiger charge is 2.63. The van der Waals surface area contributed by atoms with Gasteiger partial charge in [0.05, 0.1) is 11.3 Å². The molecule has 1 aliphatic carbocycles. The summed E-state index contributed by atoms with van der Waals surface area (Å²) in [6, 6.07) is 7.00. The number of nitrogens with one attached hydrogen (secondary N) is 1. The van der Waals surface area contributed by atoms with Crippen LogP contribution in [0.2, 0.25) is 0 Å². The maximum absolute atomic E-state index is 13.5. The van der Waals surface area contributed by atoms with Crippen molar-refractivity contribution in [3.05, 3.63) is 29.8 Å². The van der Waals surface area contributed by atoms with Gasteiger partial charge in [-0.05, 0) is 45.2 Å². The van der Waals surface area contributed by atoms with Crippen molar-refractivity contribution in [1.82, 2.24) is 15.1 Å². The van der Waals surface area contributed by atoms with E-state index in [0.717, 1.165) is 12.8 Å². The Bertz CT molecular complexity index is 909. The number of hydrogen-bond donors (Lipinski definition) is 1. The number of hydrogen-bond acceptors (Lipinski definition) is 4. The van der Waals surface area contributed by atoms with Crippen LogP contribution in [0, 0.1) is 0 Å². The number of nitrogens with zero attached hydrogens (tertiary/aromatic N) is 3. The van der Waals surface area contributed by atoms with E-state index in [-0.39, 0.29) is 42.5 Å². The summed E-state index contributed by atoms with van der Waals surface area (Å²) in [5.41, 5.74) is -0.330. The Hall–Kier alpha value is -2.90. The summed E-state index contributed by atoms with van der Waals surface area (Å²) in [5.74, 6) is -0.590. The first kappa shape index (κ1) is 21.3. The second kappa shape index (κ2) is 8.32. The lowest BCUT2D eigenvalue weighted by Crippen LogP contribution is -2.71. The number of carbonyl (C=O) groups excluding carboxylic acids is 4. The fourth-order valence-corrected chi connectivity index (χ4v) is 4.86. The summed E-state index contributed by atoms with van der Waals surface area (Å²) in [6.45, 7) is 5.54. The molecule has 1 aromatic carbocycles. The quantitative estimate of drug-likeness (QED) is 0.643. The first-order valence-corrected chi connectivity index (χ1v) is 11.3. The Morgan fingerprint density at radius 1 is 1.16 bits per heavy atom. The average molecular weight is 427 g/mol. The first-order chi connectivity index (χ1) is 15.0. The minimum Gasteiger partial charge on any atom is -0.352 e. The van der Waals surface area contributed by atoms with Crippen LogP contribution >= 0.6 is 0 Å². The second-order valence-electron chi connectivity index (χ2n) is 8.39. The summed E-state index contributed by atoms with van der Waals surface area (Å²) >= 11 is 0. The molecular weight excluding hydrogens is 396 g/mol. The van der Waals surface area contributed by atoms with Crippen LogP contribution < -0.4 is 10.2 Å². The van der Waals surface area contributed by atoms with Gasteiger partial charge in [-0.2, -0.15) is 0 Å². The Kier molecular flexibility index (Phi) is 5.73. The molecule has 2 heterocycles. The number of amides is 4. The van der Waals surface area contributed by atoms with Crippen molar-refractivity contribution < 1.29 is 19.2 Å². The molecule has 0 bridgehead atoms. The molecule has 8 nitrogen and oxygen atoms in total. The SMILES string of the molecule is CCN(CC)C(=O)CCCNC(=O)C12CCC(=O)N1c1ccccc1C(=O)N2C1CC1. The summed E-state index contributed by atoms with van der Waals surface area (Å²) in [6.07, 6.45) is 3.04. The Labute approximate surface area is 182 Å². The van der Waals surface area contributed by atoms with Gasteiger partial charge in [0, 0.05) is 44.9 Å². The van der Waals surface area contributed by atoms with Gasteiger partial charge in [-0.15, -0.1) is 0 Å². The molecule has 0 aromatic heterocycles. The van der Waals surface area contributed by atoms with Gasteiger partial charge in [-0.1, -0.05) is 12.1 Å². The molecule has 8 heteroatoms. The second-order valence-corrected chi connectivity index (χ2v) is 8.39. The minimum absolute atomic E-state index is 0.0238. The number of para-hydroxylation sites is 1. The lowest BCUT2D eigenvalue weighted by atomic mass is 9.95. The van der Waals surface area contributed by atoms with E-state index in [2.05, 4.69) is 5.32 Å². The zero-order valence-corrected chi connectivity index (χ0v) is 18.2. The molecule has 2 fully saturated rings. The van der Waals surface area contributed by atoms with E-state index in [1.54, 1.807) is 39.0 Å². The predicted octanol–water partition coefficient (Wildman–Crippen LogP) is 1.89. The summed E-state index contributed by atoms with van der Waals surface area (Å²) < 4.78 is 0. The van der Waals surface area contributed by atoms with E-state index in [4.69, 9.17) is 0 Å². The Balaban J connectivity index is 1.55. The van der Waals surface area contributed by atoms with Crippen molar-refractivity contribution in [2.45, 2.75) is 64.1 Å². The first-order valence-electron chi connectivity index (χ1n) is 11.3. The maximum Gasteiger partial charge on any atom is 0.267 e. The van der Waals surface area contributed by atoms with Gasteiger partial charge in [0.1, 0.15) is 0 Å². The number of fused-ring (bicyclic) bond motifs is 3. The Morgan fingerprint density at radius 2 is 1.87 bits per heavy atom. The van der Waals surface area contributed by atoms with Crippen LogP contribution in [0.3, 0.4) is 0 Å². The third-order valence-electron chi connectivity index (χ3n) is 6.54.